The molecule has 0 heterocycles. The summed E-state index contributed by atoms with van der Waals surface area (Å²) in [6, 6.07) is 0. The Labute approximate surface area is 128 Å². The first-order chi connectivity index (χ1) is 9.73. The van der Waals surface area contributed by atoms with Crippen LogP contribution in [0.4, 0.5) is 0 Å². The van der Waals surface area contributed by atoms with Gasteiger partial charge in [-0.1, -0.05) is 24.3 Å². The molecule has 0 amide bonds. The van der Waals surface area contributed by atoms with Crippen LogP contribution in [0.1, 0.15) is 25.7 Å². The highest BCUT2D eigenvalue weighted by molar-refractivity contribution is 6.31. The van der Waals surface area contributed by atoms with Crippen molar-refractivity contribution < 1.29 is 8.85 Å². The van der Waals surface area contributed by atoms with Crippen molar-refractivity contribution in [3.63, 3.8) is 0 Å². The zero-order valence-electron chi connectivity index (χ0n) is 12.5. The fourth-order valence-electron chi connectivity index (χ4n) is 2.36. The van der Waals surface area contributed by atoms with Crippen molar-refractivity contribution in [3.8, 4) is 0 Å². The highest BCUT2D eigenvalue weighted by Gasteiger charge is 2.23. The summed E-state index contributed by atoms with van der Waals surface area (Å²) in [5.41, 5.74) is 0.771. The second kappa shape index (κ2) is 10.1. The number of allylic oxidation sites excluding steroid dienone is 4. The second-order valence-electron chi connectivity index (χ2n) is 5.35. The van der Waals surface area contributed by atoms with Crippen molar-refractivity contribution >= 4 is 19.5 Å². The standard InChI is InChI=1S/C16H28O2Si2/c1-5-15(6-2)19-17-13-10-9-11-14(12-13)18-20-16(7-3)8-4/h5-8,13-16H,1-4,9-12,19-20H2. The molecule has 2 unspecified atom stereocenters. The van der Waals surface area contributed by atoms with Crippen LogP contribution in [0.2, 0.25) is 11.1 Å². The predicted octanol–water partition coefficient (Wildman–Crippen LogP) is 2.82. The lowest BCUT2D eigenvalue weighted by Crippen LogP contribution is -2.31. The first-order valence-corrected chi connectivity index (χ1v) is 10.3. The molecule has 0 spiro atoms. The molecule has 20 heavy (non-hydrogen) atoms. The van der Waals surface area contributed by atoms with E-state index in [1.54, 1.807) is 0 Å². The Morgan fingerprint density at radius 1 is 0.800 bits per heavy atom. The van der Waals surface area contributed by atoms with E-state index in [2.05, 4.69) is 26.3 Å². The van der Waals surface area contributed by atoms with Gasteiger partial charge in [-0.15, -0.1) is 26.3 Å². The van der Waals surface area contributed by atoms with E-state index in [1.165, 1.54) is 19.3 Å². The van der Waals surface area contributed by atoms with Crippen molar-refractivity contribution in [3.05, 3.63) is 50.6 Å². The quantitative estimate of drug-likeness (QED) is 0.456. The van der Waals surface area contributed by atoms with E-state index in [4.69, 9.17) is 8.85 Å². The van der Waals surface area contributed by atoms with Gasteiger partial charge in [0, 0.05) is 23.3 Å². The summed E-state index contributed by atoms with van der Waals surface area (Å²) < 4.78 is 12.2. The number of hydrogen-bond acceptors (Lipinski definition) is 2. The van der Waals surface area contributed by atoms with Crippen LogP contribution >= 0.6 is 0 Å². The van der Waals surface area contributed by atoms with E-state index < -0.39 is 19.5 Å². The molecule has 0 bridgehead atoms. The Balaban J connectivity index is 2.30. The van der Waals surface area contributed by atoms with Crippen LogP contribution in [0, 0.1) is 0 Å². The summed E-state index contributed by atoms with van der Waals surface area (Å²) in [5.74, 6) is 0. The van der Waals surface area contributed by atoms with Gasteiger partial charge in [0.15, 0.2) is 19.5 Å². The predicted molar refractivity (Wildman–Crippen MR) is 93.6 cm³/mol. The first-order valence-electron chi connectivity index (χ1n) is 7.46. The smallest absolute Gasteiger partial charge is 0.172 e. The Kier molecular flexibility index (Phi) is 8.77. The van der Waals surface area contributed by atoms with Gasteiger partial charge in [-0.3, -0.25) is 0 Å². The maximum Gasteiger partial charge on any atom is 0.172 e. The molecule has 0 saturated heterocycles. The molecule has 0 radical (unpaired) electrons. The third-order valence-electron chi connectivity index (χ3n) is 3.84. The molecule has 1 fully saturated rings. The van der Waals surface area contributed by atoms with Crippen LogP contribution in [-0.4, -0.2) is 31.7 Å². The minimum atomic E-state index is -0.593. The summed E-state index contributed by atoms with van der Waals surface area (Å²) in [7, 11) is -1.19. The van der Waals surface area contributed by atoms with Gasteiger partial charge in [0.05, 0.1) is 0 Å². The van der Waals surface area contributed by atoms with E-state index in [1.807, 2.05) is 24.3 Å². The lowest BCUT2D eigenvalue weighted by atomic mass is 9.95. The van der Waals surface area contributed by atoms with Crippen molar-refractivity contribution in [2.45, 2.75) is 49.0 Å². The topological polar surface area (TPSA) is 18.5 Å². The average molecular weight is 309 g/mol. The zero-order chi connectivity index (χ0) is 14.8. The molecule has 1 aliphatic rings. The molecule has 0 N–H and O–H groups in total. The van der Waals surface area contributed by atoms with E-state index in [0.717, 1.165) is 6.42 Å². The Morgan fingerprint density at radius 3 is 1.55 bits per heavy atom. The SMILES string of the molecule is C=CC(C=C)[SiH2]OC1CCCC(O[SiH2]C(C=C)C=C)C1. The minimum Gasteiger partial charge on any atom is -0.420 e. The van der Waals surface area contributed by atoms with Crippen LogP contribution in [0.25, 0.3) is 0 Å². The van der Waals surface area contributed by atoms with Crippen LogP contribution in [-0.2, 0) is 8.85 Å². The maximum absolute atomic E-state index is 6.11. The first kappa shape index (κ1) is 17.4. The van der Waals surface area contributed by atoms with Crippen LogP contribution in [0.5, 0.6) is 0 Å². The molecular formula is C16H28O2Si2. The van der Waals surface area contributed by atoms with Gasteiger partial charge in [-0.2, -0.15) is 0 Å². The Hall–Kier alpha value is -0.686. The summed E-state index contributed by atoms with van der Waals surface area (Å²) in [6.45, 7) is 15.3. The van der Waals surface area contributed by atoms with Gasteiger partial charge in [0.2, 0.25) is 0 Å². The third kappa shape index (κ3) is 6.18. The van der Waals surface area contributed by atoms with Gasteiger partial charge in [0.25, 0.3) is 0 Å². The fourth-order valence-corrected chi connectivity index (χ4v) is 4.50. The summed E-state index contributed by atoms with van der Waals surface area (Å²) >= 11 is 0. The molecular weight excluding hydrogens is 280 g/mol. The van der Waals surface area contributed by atoms with Crippen molar-refractivity contribution in [2.24, 2.45) is 0 Å². The zero-order valence-corrected chi connectivity index (χ0v) is 15.3. The molecule has 2 atom stereocenters. The molecule has 0 aromatic heterocycles. The summed E-state index contributed by atoms with van der Waals surface area (Å²) in [6.07, 6.45) is 13.1. The van der Waals surface area contributed by atoms with Crippen molar-refractivity contribution in [1.29, 1.82) is 0 Å². The van der Waals surface area contributed by atoms with Crippen LogP contribution in [0.3, 0.4) is 0 Å². The lowest BCUT2D eigenvalue weighted by Gasteiger charge is -2.31. The molecule has 0 aliphatic heterocycles. The molecule has 2 nitrogen and oxygen atoms in total. The second-order valence-corrected chi connectivity index (χ2v) is 8.57. The highest BCUT2D eigenvalue weighted by atomic mass is 28.2. The monoisotopic (exact) mass is 308 g/mol. The molecule has 1 rings (SSSR count). The number of rotatable bonds is 10. The Morgan fingerprint density at radius 2 is 1.20 bits per heavy atom. The van der Waals surface area contributed by atoms with E-state index in [0.29, 0.717) is 23.3 Å². The fraction of sp³-hybridized carbons (Fsp3) is 0.500. The Bertz CT molecular complexity index is 284. The lowest BCUT2D eigenvalue weighted by molar-refractivity contribution is 0.0719. The average Bonchev–Trinajstić information content (AvgIpc) is 2.50. The molecule has 1 saturated carbocycles. The van der Waals surface area contributed by atoms with E-state index >= 15 is 0 Å². The molecule has 0 aromatic rings. The van der Waals surface area contributed by atoms with Crippen LogP contribution in [0.15, 0.2) is 50.6 Å². The normalized spacial score (nSPS) is 23.9. The summed E-state index contributed by atoms with van der Waals surface area (Å²) in [5, 5.41) is 0. The number of hydrogen-bond donors (Lipinski definition) is 0. The summed E-state index contributed by atoms with van der Waals surface area (Å²) in [4.78, 5) is 0. The van der Waals surface area contributed by atoms with Crippen molar-refractivity contribution in [2.75, 3.05) is 0 Å². The van der Waals surface area contributed by atoms with E-state index in [-0.39, 0.29) is 0 Å². The molecule has 0 aromatic carbocycles. The van der Waals surface area contributed by atoms with Crippen molar-refractivity contribution in [1.82, 2.24) is 0 Å². The van der Waals surface area contributed by atoms with Gasteiger partial charge in [-0.25, -0.2) is 0 Å². The third-order valence-corrected chi connectivity index (χ3v) is 7.27. The van der Waals surface area contributed by atoms with Crippen LogP contribution < -0.4 is 0 Å². The van der Waals surface area contributed by atoms with Gasteiger partial charge < -0.3 is 8.85 Å². The largest absolute Gasteiger partial charge is 0.420 e. The molecule has 1 aliphatic carbocycles. The van der Waals surface area contributed by atoms with E-state index in [9.17, 15) is 0 Å². The molecule has 4 heteroatoms. The minimum absolute atomic E-state index is 0.378. The maximum atomic E-state index is 6.11. The van der Waals surface area contributed by atoms with Gasteiger partial charge in [0.1, 0.15) is 0 Å². The van der Waals surface area contributed by atoms with Gasteiger partial charge >= 0.3 is 0 Å². The highest BCUT2D eigenvalue weighted by Crippen LogP contribution is 2.25. The van der Waals surface area contributed by atoms with Gasteiger partial charge in [-0.05, 0) is 25.7 Å². The molecule has 112 valence electrons.